The van der Waals surface area contributed by atoms with E-state index in [2.05, 4.69) is 5.32 Å². The molecular weight excluding hydrogens is 273 g/mol. The van der Waals surface area contributed by atoms with Crippen LogP contribution in [0.2, 0.25) is 0 Å². The third-order valence-electron chi connectivity index (χ3n) is 3.05. The number of rotatable bonds is 11. The molecule has 0 atom stereocenters. The number of benzene rings is 1. The van der Waals surface area contributed by atoms with Gasteiger partial charge in [-0.05, 0) is 30.5 Å². The number of methoxy groups -OCH3 is 1. The van der Waals surface area contributed by atoms with Crippen LogP contribution in [-0.4, -0.2) is 46.7 Å². The Kier molecular flexibility index (Phi) is 9.17. The first-order valence-corrected chi connectivity index (χ1v) is 7.26. The molecule has 1 aromatic rings. The van der Waals surface area contributed by atoms with Gasteiger partial charge in [-0.15, -0.1) is 0 Å². The second-order valence-electron chi connectivity index (χ2n) is 4.94. The minimum absolute atomic E-state index is 0.115. The zero-order valence-electron chi connectivity index (χ0n) is 13.2. The number of halogens is 1. The highest BCUT2D eigenvalue weighted by Gasteiger charge is 2.03. The molecule has 0 amide bonds. The molecule has 1 N–H and O–H groups in total. The third kappa shape index (κ3) is 7.52. The summed E-state index contributed by atoms with van der Waals surface area (Å²) in [7, 11) is 1.65. The van der Waals surface area contributed by atoms with Crippen LogP contribution in [0.4, 0.5) is 4.39 Å². The van der Waals surface area contributed by atoms with Gasteiger partial charge in [0.05, 0.1) is 33.0 Å². The molecule has 4 nitrogen and oxygen atoms in total. The quantitative estimate of drug-likeness (QED) is 0.636. The maximum atomic E-state index is 13.5. The molecule has 1 aromatic carbocycles. The molecule has 0 unspecified atom stereocenters. The number of aryl methyl sites for hydroxylation is 2. The molecule has 0 spiro atoms. The number of nitrogens with one attached hydrogen (secondary N) is 1. The molecule has 0 heterocycles. The summed E-state index contributed by atoms with van der Waals surface area (Å²) in [6.07, 6.45) is 0. The standard InChI is InChI=1S/C16H26FNO3/c1-13-10-15(11-14(2)16(13)17)12-18-4-5-20-8-9-21-7-6-19-3/h10-11,18H,4-9,12H2,1-3H3. The SMILES string of the molecule is COCCOCCOCCNCc1cc(C)c(F)c(C)c1. The van der Waals surface area contributed by atoms with E-state index >= 15 is 0 Å². The molecule has 0 fully saturated rings. The Labute approximate surface area is 126 Å². The van der Waals surface area contributed by atoms with Crippen LogP contribution in [0.1, 0.15) is 16.7 Å². The van der Waals surface area contributed by atoms with Crippen LogP contribution >= 0.6 is 0 Å². The molecule has 0 saturated carbocycles. The third-order valence-corrected chi connectivity index (χ3v) is 3.05. The molecule has 0 aromatic heterocycles. The molecule has 5 heteroatoms. The Hall–Kier alpha value is -1.01. The molecule has 1 rings (SSSR count). The van der Waals surface area contributed by atoms with Crippen molar-refractivity contribution in [2.45, 2.75) is 20.4 Å². The van der Waals surface area contributed by atoms with Crippen LogP contribution in [0.3, 0.4) is 0 Å². The van der Waals surface area contributed by atoms with Crippen LogP contribution in [0.25, 0.3) is 0 Å². The lowest BCUT2D eigenvalue weighted by molar-refractivity contribution is 0.0255. The summed E-state index contributed by atoms with van der Waals surface area (Å²) >= 11 is 0. The van der Waals surface area contributed by atoms with Gasteiger partial charge < -0.3 is 19.5 Å². The van der Waals surface area contributed by atoms with Gasteiger partial charge in [-0.25, -0.2) is 4.39 Å². The average Bonchev–Trinajstić information content (AvgIpc) is 2.46. The van der Waals surface area contributed by atoms with E-state index in [0.29, 0.717) is 44.2 Å². The first-order chi connectivity index (χ1) is 10.1. The van der Waals surface area contributed by atoms with Gasteiger partial charge in [-0.1, -0.05) is 12.1 Å². The fraction of sp³-hybridized carbons (Fsp3) is 0.625. The number of ether oxygens (including phenoxy) is 3. The maximum absolute atomic E-state index is 13.5. The van der Waals surface area contributed by atoms with Crippen LogP contribution in [0.15, 0.2) is 12.1 Å². The van der Waals surface area contributed by atoms with Gasteiger partial charge in [0.1, 0.15) is 5.82 Å². The van der Waals surface area contributed by atoms with Crippen molar-refractivity contribution in [3.8, 4) is 0 Å². The van der Waals surface area contributed by atoms with E-state index < -0.39 is 0 Å². The summed E-state index contributed by atoms with van der Waals surface area (Å²) in [5.41, 5.74) is 2.47. The molecule has 0 bridgehead atoms. The highest BCUT2D eigenvalue weighted by atomic mass is 19.1. The summed E-state index contributed by atoms with van der Waals surface area (Å²) in [6.45, 7) is 8.06. The van der Waals surface area contributed by atoms with Crippen molar-refractivity contribution in [1.29, 1.82) is 0 Å². The molecule has 120 valence electrons. The summed E-state index contributed by atoms with van der Waals surface area (Å²) in [6, 6.07) is 3.75. The van der Waals surface area contributed by atoms with Crippen LogP contribution in [0.5, 0.6) is 0 Å². The van der Waals surface area contributed by atoms with Crippen molar-refractivity contribution in [3.05, 3.63) is 34.6 Å². The molecule has 0 radical (unpaired) electrons. The Morgan fingerprint density at radius 2 is 1.52 bits per heavy atom. The van der Waals surface area contributed by atoms with E-state index in [0.717, 1.165) is 18.7 Å². The Balaban J connectivity index is 2.04. The van der Waals surface area contributed by atoms with Crippen molar-refractivity contribution in [2.24, 2.45) is 0 Å². The van der Waals surface area contributed by atoms with Gasteiger partial charge in [-0.3, -0.25) is 0 Å². The lowest BCUT2D eigenvalue weighted by Gasteiger charge is -2.09. The average molecular weight is 299 g/mol. The summed E-state index contributed by atoms with van der Waals surface area (Å²) in [5.74, 6) is -0.115. The molecule has 0 aliphatic heterocycles. The van der Waals surface area contributed by atoms with E-state index in [1.807, 2.05) is 12.1 Å². The Morgan fingerprint density at radius 1 is 0.952 bits per heavy atom. The smallest absolute Gasteiger partial charge is 0.129 e. The van der Waals surface area contributed by atoms with Gasteiger partial charge in [0.15, 0.2) is 0 Å². The first kappa shape index (κ1) is 18.0. The fourth-order valence-corrected chi connectivity index (χ4v) is 1.98. The van der Waals surface area contributed by atoms with Gasteiger partial charge in [-0.2, -0.15) is 0 Å². The van der Waals surface area contributed by atoms with E-state index in [1.165, 1.54) is 0 Å². The zero-order valence-corrected chi connectivity index (χ0v) is 13.2. The fourth-order valence-electron chi connectivity index (χ4n) is 1.98. The van der Waals surface area contributed by atoms with E-state index in [4.69, 9.17) is 14.2 Å². The molecule has 21 heavy (non-hydrogen) atoms. The van der Waals surface area contributed by atoms with Gasteiger partial charge in [0, 0.05) is 20.2 Å². The Morgan fingerprint density at radius 3 is 2.14 bits per heavy atom. The van der Waals surface area contributed by atoms with Crippen LogP contribution < -0.4 is 5.32 Å². The predicted molar refractivity (Wildman–Crippen MR) is 81.1 cm³/mol. The lowest BCUT2D eigenvalue weighted by Crippen LogP contribution is -2.20. The van der Waals surface area contributed by atoms with Crippen LogP contribution in [-0.2, 0) is 20.8 Å². The highest BCUT2D eigenvalue weighted by Crippen LogP contribution is 2.14. The van der Waals surface area contributed by atoms with Gasteiger partial charge >= 0.3 is 0 Å². The summed E-state index contributed by atoms with van der Waals surface area (Å²) in [5, 5.41) is 3.28. The first-order valence-electron chi connectivity index (χ1n) is 7.26. The summed E-state index contributed by atoms with van der Waals surface area (Å²) in [4.78, 5) is 0. The molecule has 0 saturated heterocycles. The normalized spacial score (nSPS) is 11.0. The van der Waals surface area contributed by atoms with Crippen LogP contribution in [0, 0.1) is 19.7 Å². The van der Waals surface area contributed by atoms with E-state index in [9.17, 15) is 4.39 Å². The second kappa shape index (κ2) is 10.7. The molecular formula is C16H26FNO3. The monoisotopic (exact) mass is 299 g/mol. The van der Waals surface area contributed by atoms with Gasteiger partial charge in [0.2, 0.25) is 0 Å². The zero-order chi connectivity index (χ0) is 15.5. The lowest BCUT2D eigenvalue weighted by atomic mass is 10.1. The van der Waals surface area contributed by atoms with Crippen molar-refractivity contribution < 1.29 is 18.6 Å². The minimum atomic E-state index is -0.115. The minimum Gasteiger partial charge on any atom is -0.382 e. The molecule has 0 aliphatic carbocycles. The van der Waals surface area contributed by atoms with Crippen molar-refractivity contribution in [1.82, 2.24) is 5.32 Å². The second-order valence-corrected chi connectivity index (χ2v) is 4.94. The maximum Gasteiger partial charge on any atom is 0.129 e. The topological polar surface area (TPSA) is 39.7 Å². The van der Waals surface area contributed by atoms with Crippen molar-refractivity contribution in [2.75, 3.05) is 46.7 Å². The van der Waals surface area contributed by atoms with Crippen molar-refractivity contribution in [3.63, 3.8) is 0 Å². The Bertz CT molecular complexity index is 390. The summed E-state index contributed by atoms with van der Waals surface area (Å²) < 4.78 is 29.1. The highest BCUT2D eigenvalue weighted by molar-refractivity contribution is 5.30. The van der Waals surface area contributed by atoms with E-state index in [1.54, 1.807) is 21.0 Å². The van der Waals surface area contributed by atoms with E-state index in [-0.39, 0.29) is 5.82 Å². The number of hydrogen-bond donors (Lipinski definition) is 1. The van der Waals surface area contributed by atoms with Gasteiger partial charge in [0.25, 0.3) is 0 Å². The van der Waals surface area contributed by atoms with Crippen molar-refractivity contribution >= 4 is 0 Å². The predicted octanol–water partition coefficient (Wildman–Crippen LogP) is 2.21. The largest absolute Gasteiger partial charge is 0.382 e. The number of hydrogen-bond acceptors (Lipinski definition) is 4. The molecule has 0 aliphatic rings.